The zero-order valence-electron chi connectivity index (χ0n) is 7.20. The summed E-state index contributed by atoms with van der Waals surface area (Å²) in [5, 5.41) is 19.5. The molecule has 0 radical (unpaired) electrons. The van der Waals surface area contributed by atoms with Crippen molar-refractivity contribution in [2.24, 2.45) is 0 Å². The van der Waals surface area contributed by atoms with Crippen molar-refractivity contribution >= 4 is 5.97 Å². The standard InChI is InChI=1S/C7H13F2NO3/c1-2-4(7(12)13)10-3-5(11)6(8)9/h4-6,10-11H,2-3H2,1H3,(H,12,13). The Morgan fingerprint density at radius 1 is 1.54 bits per heavy atom. The molecular formula is C7H13F2NO3. The van der Waals surface area contributed by atoms with Crippen LogP contribution in [-0.2, 0) is 4.79 Å². The largest absolute Gasteiger partial charge is 0.480 e. The molecular weight excluding hydrogens is 184 g/mol. The van der Waals surface area contributed by atoms with Crippen molar-refractivity contribution in [2.75, 3.05) is 6.54 Å². The summed E-state index contributed by atoms with van der Waals surface area (Å²) in [6.45, 7) is 1.20. The van der Waals surface area contributed by atoms with Gasteiger partial charge in [0, 0.05) is 6.54 Å². The summed E-state index contributed by atoms with van der Waals surface area (Å²) in [4.78, 5) is 10.4. The minimum absolute atomic E-state index is 0.283. The molecule has 0 aliphatic carbocycles. The third-order valence-corrected chi connectivity index (χ3v) is 1.57. The van der Waals surface area contributed by atoms with E-state index in [-0.39, 0.29) is 6.42 Å². The number of nitrogens with one attached hydrogen (secondary N) is 1. The highest BCUT2D eigenvalue weighted by atomic mass is 19.3. The summed E-state index contributed by atoms with van der Waals surface area (Å²) >= 11 is 0. The van der Waals surface area contributed by atoms with Gasteiger partial charge < -0.3 is 15.5 Å². The van der Waals surface area contributed by atoms with Crippen molar-refractivity contribution in [2.45, 2.75) is 31.9 Å². The van der Waals surface area contributed by atoms with Crippen LogP contribution in [0.2, 0.25) is 0 Å². The van der Waals surface area contributed by atoms with Gasteiger partial charge in [0.1, 0.15) is 12.1 Å². The van der Waals surface area contributed by atoms with E-state index >= 15 is 0 Å². The Balaban J connectivity index is 3.78. The van der Waals surface area contributed by atoms with Crippen LogP contribution in [0.4, 0.5) is 8.78 Å². The first-order valence-electron chi connectivity index (χ1n) is 3.91. The normalized spacial score (nSPS) is 15.8. The number of aliphatic hydroxyl groups excluding tert-OH is 1. The molecule has 0 bridgehead atoms. The zero-order valence-corrected chi connectivity index (χ0v) is 7.20. The second kappa shape index (κ2) is 5.82. The van der Waals surface area contributed by atoms with E-state index in [1.807, 2.05) is 0 Å². The second-order valence-electron chi connectivity index (χ2n) is 2.61. The van der Waals surface area contributed by atoms with Crippen molar-refractivity contribution in [1.29, 1.82) is 0 Å². The van der Waals surface area contributed by atoms with Crippen molar-refractivity contribution in [1.82, 2.24) is 5.32 Å². The molecule has 13 heavy (non-hydrogen) atoms. The van der Waals surface area contributed by atoms with Gasteiger partial charge in [-0.15, -0.1) is 0 Å². The fourth-order valence-electron chi connectivity index (χ4n) is 0.758. The number of alkyl halides is 2. The van der Waals surface area contributed by atoms with Crippen LogP contribution < -0.4 is 5.32 Å². The number of hydrogen-bond donors (Lipinski definition) is 3. The summed E-state index contributed by atoms with van der Waals surface area (Å²) in [5.41, 5.74) is 0. The van der Waals surface area contributed by atoms with Crippen molar-refractivity contribution in [3.05, 3.63) is 0 Å². The molecule has 0 heterocycles. The average Bonchev–Trinajstić information content (AvgIpc) is 2.04. The molecule has 0 rings (SSSR count). The Kier molecular flexibility index (Phi) is 5.48. The number of carboxylic acids is 1. The summed E-state index contributed by atoms with van der Waals surface area (Å²) < 4.78 is 23.5. The molecule has 0 saturated carbocycles. The predicted octanol–water partition coefficient (Wildman–Crippen LogP) is 0.0652. The SMILES string of the molecule is CCC(NCC(O)C(F)F)C(=O)O. The Hall–Kier alpha value is -0.750. The maximum Gasteiger partial charge on any atom is 0.320 e. The van der Waals surface area contributed by atoms with Crippen LogP contribution in [-0.4, -0.2) is 41.3 Å². The average molecular weight is 197 g/mol. The molecule has 3 N–H and O–H groups in total. The second-order valence-corrected chi connectivity index (χ2v) is 2.61. The van der Waals surface area contributed by atoms with Gasteiger partial charge in [-0.3, -0.25) is 4.79 Å². The third kappa shape index (κ3) is 4.74. The number of hydrogen-bond acceptors (Lipinski definition) is 3. The van der Waals surface area contributed by atoms with E-state index in [0.29, 0.717) is 0 Å². The van der Waals surface area contributed by atoms with E-state index in [1.54, 1.807) is 6.92 Å². The smallest absolute Gasteiger partial charge is 0.320 e. The number of carboxylic acid groups (broad SMARTS) is 1. The Morgan fingerprint density at radius 2 is 2.08 bits per heavy atom. The number of rotatable bonds is 6. The minimum Gasteiger partial charge on any atom is -0.480 e. The minimum atomic E-state index is -2.85. The van der Waals surface area contributed by atoms with Gasteiger partial charge in [-0.1, -0.05) is 6.92 Å². The van der Waals surface area contributed by atoms with Gasteiger partial charge in [0.2, 0.25) is 0 Å². The lowest BCUT2D eigenvalue weighted by Crippen LogP contribution is -2.42. The highest BCUT2D eigenvalue weighted by Gasteiger charge is 2.20. The monoisotopic (exact) mass is 197 g/mol. The molecule has 0 amide bonds. The first-order chi connectivity index (χ1) is 5.99. The van der Waals surface area contributed by atoms with E-state index in [2.05, 4.69) is 5.32 Å². The van der Waals surface area contributed by atoms with Crippen LogP contribution in [0.5, 0.6) is 0 Å². The maximum atomic E-state index is 11.7. The van der Waals surface area contributed by atoms with Gasteiger partial charge in [0.05, 0.1) is 0 Å². The molecule has 0 aliphatic heterocycles. The van der Waals surface area contributed by atoms with Crippen LogP contribution in [0.25, 0.3) is 0 Å². The van der Waals surface area contributed by atoms with Gasteiger partial charge in [-0.25, -0.2) is 8.78 Å². The number of carbonyl (C=O) groups is 1. The summed E-state index contributed by atoms with van der Waals surface area (Å²) in [6.07, 6.45) is -4.38. The van der Waals surface area contributed by atoms with Gasteiger partial charge in [0.25, 0.3) is 6.43 Å². The topological polar surface area (TPSA) is 69.6 Å². The molecule has 0 saturated heterocycles. The number of aliphatic hydroxyl groups is 1. The summed E-state index contributed by atoms with van der Waals surface area (Å²) in [6, 6.07) is -0.881. The summed E-state index contributed by atoms with van der Waals surface area (Å²) in [5.74, 6) is -1.11. The molecule has 0 aromatic carbocycles. The molecule has 4 nitrogen and oxygen atoms in total. The maximum absolute atomic E-state index is 11.7. The van der Waals surface area contributed by atoms with Crippen LogP contribution >= 0.6 is 0 Å². The first-order valence-corrected chi connectivity index (χ1v) is 3.91. The van der Waals surface area contributed by atoms with Gasteiger partial charge in [0.15, 0.2) is 0 Å². The molecule has 78 valence electrons. The van der Waals surface area contributed by atoms with Crippen LogP contribution in [0.3, 0.4) is 0 Å². The fourth-order valence-corrected chi connectivity index (χ4v) is 0.758. The highest BCUT2D eigenvalue weighted by molar-refractivity contribution is 5.73. The molecule has 0 fully saturated rings. The van der Waals surface area contributed by atoms with Crippen molar-refractivity contribution < 1.29 is 23.8 Å². The fraction of sp³-hybridized carbons (Fsp3) is 0.857. The molecule has 0 aromatic heterocycles. The molecule has 2 atom stereocenters. The quantitative estimate of drug-likeness (QED) is 0.563. The molecule has 0 aliphatic rings. The lowest BCUT2D eigenvalue weighted by molar-refractivity contribution is -0.139. The summed E-state index contributed by atoms with van der Waals surface area (Å²) in [7, 11) is 0. The van der Waals surface area contributed by atoms with E-state index in [4.69, 9.17) is 10.2 Å². The molecule has 2 unspecified atom stereocenters. The van der Waals surface area contributed by atoms with Gasteiger partial charge in [-0.05, 0) is 6.42 Å². The highest BCUT2D eigenvalue weighted by Crippen LogP contribution is 2.00. The zero-order chi connectivity index (χ0) is 10.4. The predicted molar refractivity (Wildman–Crippen MR) is 41.7 cm³/mol. The van der Waals surface area contributed by atoms with Crippen LogP contribution in [0.15, 0.2) is 0 Å². The number of aliphatic carboxylic acids is 1. The molecule has 0 aromatic rings. The van der Waals surface area contributed by atoms with Gasteiger partial charge >= 0.3 is 5.97 Å². The van der Waals surface area contributed by atoms with E-state index in [1.165, 1.54) is 0 Å². The van der Waals surface area contributed by atoms with E-state index in [9.17, 15) is 13.6 Å². The van der Waals surface area contributed by atoms with Crippen LogP contribution in [0.1, 0.15) is 13.3 Å². The lowest BCUT2D eigenvalue weighted by Gasteiger charge is -2.15. The van der Waals surface area contributed by atoms with E-state index < -0.39 is 31.1 Å². The number of halogens is 2. The van der Waals surface area contributed by atoms with Crippen molar-refractivity contribution in [3.8, 4) is 0 Å². The Labute approximate surface area is 74.6 Å². The molecule has 6 heteroatoms. The molecule has 0 spiro atoms. The first kappa shape index (κ1) is 12.2. The lowest BCUT2D eigenvalue weighted by atomic mass is 10.2. The Bertz CT molecular complexity index is 166. The van der Waals surface area contributed by atoms with E-state index in [0.717, 1.165) is 0 Å². The van der Waals surface area contributed by atoms with Gasteiger partial charge in [-0.2, -0.15) is 0 Å². The Morgan fingerprint density at radius 3 is 2.38 bits per heavy atom. The third-order valence-electron chi connectivity index (χ3n) is 1.57. The van der Waals surface area contributed by atoms with Crippen LogP contribution in [0, 0.1) is 0 Å². The van der Waals surface area contributed by atoms with Crippen molar-refractivity contribution in [3.63, 3.8) is 0 Å².